The molecule has 2 aromatic rings. The highest BCUT2D eigenvalue weighted by Gasteiger charge is 2.03. The van der Waals surface area contributed by atoms with Gasteiger partial charge >= 0.3 is 0 Å². The minimum atomic E-state index is 0.150. The minimum Gasteiger partial charge on any atom is -0.494 e. The van der Waals surface area contributed by atoms with Gasteiger partial charge in [0.05, 0.1) is 19.8 Å². The van der Waals surface area contributed by atoms with Gasteiger partial charge < -0.3 is 14.9 Å². The van der Waals surface area contributed by atoms with Gasteiger partial charge in [0.25, 0.3) is 0 Å². The molecule has 26 heavy (non-hydrogen) atoms. The Balaban J connectivity index is 1.58. The summed E-state index contributed by atoms with van der Waals surface area (Å²) in [5, 5.41) is 18.0. The first kappa shape index (κ1) is 20.4. The zero-order valence-electron chi connectivity index (χ0n) is 15.5. The molecule has 0 aromatic heterocycles. The van der Waals surface area contributed by atoms with Crippen molar-refractivity contribution in [1.82, 2.24) is 4.90 Å². The molecule has 4 nitrogen and oxygen atoms in total. The van der Waals surface area contributed by atoms with E-state index in [1.807, 2.05) is 30.3 Å². The van der Waals surface area contributed by atoms with Gasteiger partial charge in [0, 0.05) is 13.1 Å². The van der Waals surface area contributed by atoms with Crippen LogP contribution in [0.5, 0.6) is 5.75 Å². The van der Waals surface area contributed by atoms with Crippen molar-refractivity contribution in [2.75, 3.05) is 39.5 Å². The first-order valence-corrected chi connectivity index (χ1v) is 9.56. The van der Waals surface area contributed by atoms with Gasteiger partial charge in [0.1, 0.15) is 5.75 Å². The van der Waals surface area contributed by atoms with Crippen molar-refractivity contribution in [3.8, 4) is 16.9 Å². The zero-order valence-corrected chi connectivity index (χ0v) is 15.5. The molecule has 0 spiro atoms. The second-order valence-electron chi connectivity index (χ2n) is 6.44. The molecule has 0 atom stereocenters. The summed E-state index contributed by atoms with van der Waals surface area (Å²) in [7, 11) is 0. The normalized spacial score (nSPS) is 11.0. The first-order chi connectivity index (χ1) is 12.8. The Morgan fingerprint density at radius 1 is 0.654 bits per heavy atom. The number of hydrogen-bond acceptors (Lipinski definition) is 4. The van der Waals surface area contributed by atoms with Crippen molar-refractivity contribution >= 4 is 0 Å². The van der Waals surface area contributed by atoms with Crippen LogP contribution in [0, 0.1) is 0 Å². The lowest BCUT2D eigenvalue weighted by atomic mass is 10.1. The third-order valence-electron chi connectivity index (χ3n) is 4.43. The van der Waals surface area contributed by atoms with Crippen LogP contribution in [0.1, 0.15) is 25.7 Å². The van der Waals surface area contributed by atoms with Crippen molar-refractivity contribution in [3.63, 3.8) is 0 Å². The predicted molar refractivity (Wildman–Crippen MR) is 106 cm³/mol. The molecule has 0 saturated carbocycles. The summed E-state index contributed by atoms with van der Waals surface area (Å²) in [5.74, 6) is 0.918. The number of hydrogen-bond donors (Lipinski definition) is 2. The van der Waals surface area contributed by atoms with Gasteiger partial charge in [-0.05, 0) is 42.6 Å². The monoisotopic (exact) mass is 357 g/mol. The molecule has 0 aliphatic rings. The van der Waals surface area contributed by atoms with Crippen LogP contribution >= 0.6 is 0 Å². The van der Waals surface area contributed by atoms with Gasteiger partial charge in [-0.3, -0.25) is 4.90 Å². The SMILES string of the molecule is OCCN(CCO)CCCCCCOc1ccc(-c2ccccc2)cc1. The summed E-state index contributed by atoms with van der Waals surface area (Å²) in [6.07, 6.45) is 4.41. The van der Waals surface area contributed by atoms with E-state index < -0.39 is 0 Å². The third kappa shape index (κ3) is 7.56. The molecule has 2 aromatic carbocycles. The molecule has 2 N–H and O–H groups in total. The van der Waals surface area contributed by atoms with E-state index in [0.717, 1.165) is 44.6 Å². The van der Waals surface area contributed by atoms with Crippen LogP contribution in [-0.2, 0) is 0 Å². The van der Waals surface area contributed by atoms with E-state index in [1.54, 1.807) is 0 Å². The lowest BCUT2D eigenvalue weighted by Crippen LogP contribution is -2.30. The highest BCUT2D eigenvalue weighted by atomic mass is 16.5. The van der Waals surface area contributed by atoms with Gasteiger partial charge in [0.15, 0.2) is 0 Å². The highest BCUT2D eigenvalue weighted by Crippen LogP contribution is 2.22. The molecule has 0 amide bonds. The average molecular weight is 357 g/mol. The van der Waals surface area contributed by atoms with Gasteiger partial charge in [-0.1, -0.05) is 55.3 Å². The van der Waals surface area contributed by atoms with E-state index in [1.165, 1.54) is 11.1 Å². The van der Waals surface area contributed by atoms with Gasteiger partial charge in [-0.2, -0.15) is 0 Å². The first-order valence-electron chi connectivity index (χ1n) is 9.56. The number of unbranched alkanes of at least 4 members (excludes halogenated alkanes) is 3. The molecule has 2 rings (SSSR count). The van der Waals surface area contributed by atoms with E-state index in [-0.39, 0.29) is 13.2 Å². The lowest BCUT2D eigenvalue weighted by molar-refractivity contribution is 0.159. The Hall–Kier alpha value is -1.88. The fourth-order valence-corrected chi connectivity index (χ4v) is 2.97. The molecule has 0 saturated heterocycles. The van der Waals surface area contributed by atoms with Crippen LogP contribution in [-0.4, -0.2) is 54.6 Å². The molecule has 0 radical (unpaired) electrons. The molecule has 0 heterocycles. The zero-order chi connectivity index (χ0) is 18.5. The standard InChI is InChI=1S/C22H31NO3/c24-17-15-23(16-18-25)14-6-1-2-7-19-26-22-12-10-21(11-13-22)20-8-4-3-5-9-20/h3-5,8-13,24-25H,1-2,6-7,14-19H2. The summed E-state index contributed by atoms with van der Waals surface area (Å²) in [6, 6.07) is 18.6. The molecule has 4 heteroatoms. The smallest absolute Gasteiger partial charge is 0.119 e. The van der Waals surface area contributed by atoms with Crippen LogP contribution in [0.25, 0.3) is 11.1 Å². The Labute approximate surface area is 157 Å². The molecule has 0 unspecified atom stereocenters. The van der Waals surface area contributed by atoms with E-state index in [0.29, 0.717) is 13.1 Å². The van der Waals surface area contributed by atoms with Gasteiger partial charge in [-0.15, -0.1) is 0 Å². The van der Waals surface area contributed by atoms with Crippen LogP contribution < -0.4 is 4.74 Å². The number of ether oxygens (including phenoxy) is 1. The lowest BCUT2D eigenvalue weighted by Gasteiger charge is -2.19. The fourth-order valence-electron chi connectivity index (χ4n) is 2.97. The van der Waals surface area contributed by atoms with Crippen molar-refractivity contribution in [3.05, 3.63) is 54.6 Å². The second kappa shape index (κ2) is 12.5. The molecular formula is C22H31NO3. The number of nitrogens with zero attached hydrogens (tertiary/aromatic N) is 1. The Morgan fingerprint density at radius 3 is 1.92 bits per heavy atom. The van der Waals surface area contributed by atoms with Crippen molar-refractivity contribution < 1.29 is 14.9 Å². The topological polar surface area (TPSA) is 52.9 Å². The quantitative estimate of drug-likeness (QED) is 0.538. The van der Waals surface area contributed by atoms with Gasteiger partial charge in [0.2, 0.25) is 0 Å². The van der Waals surface area contributed by atoms with Crippen molar-refractivity contribution in [2.45, 2.75) is 25.7 Å². The maximum Gasteiger partial charge on any atom is 0.119 e. The summed E-state index contributed by atoms with van der Waals surface area (Å²) in [6.45, 7) is 3.25. The summed E-state index contributed by atoms with van der Waals surface area (Å²) >= 11 is 0. The van der Waals surface area contributed by atoms with Crippen molar-refractivity contribution in [2.24, 2.45) is 0 Å². The number of aliphatic hydroxyl groups is 2. The Kier molecular flexibility index (Phi) is 9.80. The van der Waals surface area contributed by atoms with Crippen LogP contribution in [0.2, 0.25) is 0 Å². The molecule has 0 fully saturated rings. The summed E-state index contributed by atoms with van der Waals surface area (Å²) in [5.41, 5.74) is 2.42. The molecule has 0 aliphatic carbocycles. The van der Waals surface area contributed by atoms with E-state index >= 15 is 0 Å². The maximum absolute atomic E-state index is 8.99. The maximum atomic E-state index is 8.99. The van der Waals surface area contributed by atoms with Crippen LogP contribution in [0.3, 0.4) is 0 Å². The van der Waals surface area contributed by atoms with E-state index in [9.17, 15) is 0 Å². The molecule has 142 valence electrons. The van der Waals surface area contributed by atoms with Gasteiger partial charge in [-0.25, -0.2) is 0 Å². The largest absolute Gasteiger partial charge is 0.494 e. The van der Waals surface area contributed by atoms with Crippen LogP contribution in [0.15, 0.2) is 54.6 Å². The Morgan fingerprint density at radius 2 is 1.27 bits per heavy atom. The predicted octanol–water partition coefficient (Wildman–Crippen LogP) is 3.58. The third-order valence-corrected chi connectivity index (χ3v) is 4.43. The summed E-state index contributed by atoms with van der Waals surface area (Å²) < 4.78 is 5.83. The average Bonchev–Trinajstić information content (AvgIpc) is 2.69. The number of rotatable bonds is 13. The fraction of sp³-hybridized carbons (Fsp3) is 0.455. The second-order valence-corrected chi connectivity index (χ2v) is 6.44. The molecular weight excluding hydrogens is 326 g/mol. The van der Waals surface area contributed by atoms with Crippen molar-refractivity contribution in [1.29, 1.82) is 0 Å². The molecule has 0 aliphatic heterocycles. The van der Waals surface area contributed by atoms with E-state index in [4.69, 9.17) is 14.9 Å². The number of aliphatic hydroxyl groups excluding tert-OH is 2. The minimum absolute atomic E-state index is 0.150. The summed E-state index contributed by atoms with van der Waals surface area (Å²) in [4.78, 5) is 2.10. The molecule has 0 bridgehead atoms. The number of benzene rings is 2. The highest BCUT2D eigenvalue weighted by molar-refractivity contribution is 5.63. The van der Waals surface area contributed by atoms with E-state index in [2.05, 4.69) is 29.2 Å². The Bertz CT molecular complexity index is 580. The van der Waals surface area contributed by atoms with Crippen LogP contribution in [0.4, 0.5) is 0 Å².